The molecule has 2 rings (SSSR count). The van der Waals surface area contributed by atoms with E-state index in [9.17, 15) is 23.5 Å². The highest BCUT2D eigenvalue weighted by molar-refractivity contribution is 6.07. The Morgan fingerprint density at radius 2 is 2.11 bits per heavy atom. The zero-order valence-electron chi connectivity index (χ0n) is 9.05. The molecule has 6 nitrogen and oxygen atoms in total. The van der Waals surface area contributed by atoms with Gasteiger partial charge in [0.25, 0.3) is 5.91 Å². The highest BCUT2D eigenvalue weighted by Gasteiger charge is 2.50. The smallest absolute Gasteiger partial charge is 0.286 e. The van der Waals surface area contributed by atoms with Crippen molar-refractivity contribution in [2.45, 2.75) is 24.5 Å². The molecule has 0 aromatic heterocycles. The topological polar surface area (TPSA) is 95.9 Å². The second kappa shape index (κ2) is 4.71. The van der Waals surface area contributed by atoms with Crippen molar-refractivity contribution < 1.29 is 33.3 Å². The van der Waals surface area contributed by atoms with Crippen molar-refractivity contribution in [2.75, 3.05) is 6.61 Å². The average Bonchev–Trinajstić information content (AvgIpc) is 2.61. The van der Waals surface area contributed by atoms with Gasteiger partial charge in [0.05, 0.1) is 12.5 Å². The van der Waals surface area contributed by atoms with Crippen molar-refractivity contribution in [1.29, 1.82) is 0 Å². The summed E-state index contributed by atoms with van der Waals surface area (Å²) >= 11 is 0. The van der Waals surface area contributed by atoms with Crippen LogP contribution in [0, 0.1) is 5.92 Å². The summed E-state index contributed by atoms with van der Waals surface area (Å²) in [6.45, 7) is -0.627. The number of carbonyl (C=O) groups is 2. The molecule has 2 amide bonds. The van der Waals surface area contributed by atoms with Gasteiger partial charge in [0.15, 0.2) is 12.0 Å². The molecule has 1 saturated heterocycles. The summed E-state index contributed by atoms with van der Waals surface area (Å²) in [5.41, 5.74) is 0. The predicted molar refractivity (Wildman–Crippen MR) is 52.5 cm³/mol. The monoisotopic (exact) mass is 263 g/mol. The molecule has 0 bridgehead atoms. The van der Waals surface area contributed by atoms with Gasteiger partial charge in [-0.1, -0.05) is 0 Å². The van der Waals surface area contributed by atoms with Crippen LogP contribution in [-0.4, -0.2) is 53.1 Å². The fourth-order valence-corrected chi connectivity index (χ4v) is 2.00. The van der Waals surface area contributed by atoms with Gasteiger partial charge in [0.1, 0.15) is 18.3 Å². The lowest BCUT2D eigenvalue weighted by Gasteiger charge is -2.23. The lowest BCUT2D eigenvalue weighted by Crippen LogP contribution is -2.46. The molecule has 2 aliphatic heterocycles. The molecule has 0 spiro atoms. The maximum absolute atomic E-state index is 13.7. The maximum Gasteiger partial charge on any atom is 0.286 e. The van der Waals surface area contributed by atoms with E-state index in [1.807, 2.05) is 0 Å². The standard InChI is InChI=1S/C10H11F2NO5/c11-4-1-3(9(16)13-10(4)17)8-6(12)7(15)5(2-14)18-8/h1,3,5-8,14-15H,2H2,(H,13,16,17)/t3?,5-,6-,7-,8+/m1/s1. The van der Waals surface area contributed by atoms with Gasteiger partial charge in [-0.05, 0) is 6.08 Å². The number of rotatable bonds is 2. The molecule has 8 heteroatoms. The molecule has 0 aliphatic carbocycles. The number of hydrogen-bond acceptors (Lipinski definition) is 5. The molecular formula is C10H11F2NO5. The number of halogens is 2. The Labute approximate surface area is 100 Å². The summed E-state index contributed by atoms with van der Waals surface area (Å²) in [4.78, 5) is 22.3. The maximum atomic E-state index is 13.7. The summed E-state index contributed by atoms with van der Waals surface area (Å²) in [6.07, 6.45) is -5.50. The summed E-state index contributed by atoms with van der Waals surface area (Å²) in [5.74, 6) is -4.66. The van der Waals surface area contributed by atoms with Crippen molar-refractivity contribution in [3.8, 4) is 0 Å². The lowest BCUT2D eigenvalue weighted by molar-refractivity contribution is -0.136. The SMILES string of the molecule is O=C1NC(=O)C([C@@H]2O[C@H](CO)[C@@H](O)[C@H]2F)C=C1F. The van der Waals surface area contributed by atoms with E-state index in [1.165, 1.54) is 0 Å². The third-order valence-corrected chi connectivity index (χ3v) is 2.97. The van der Waals surface area contributed by atoms with Gasteiger partial charge in [-0.2, -0.15) is 0 Å². The van der Waals surface area contributed by atoms with Crippen molar-refractivity contribution in [1.82, 2.24) is 5.32 Å². The normalized spacial score (nSPS) is 40.7. The van der Waals surface area contributed by atoms with Crippen LogP contribution in [0.2, 0.25) is 0 Å². The first-order valence-electron chi connectivity index (χ1n) is 5.26. The predicted octanol–water partition coefficient (Wildman–Crippen LogP) is -1.43. The van der Waals surface area contributed by atoms with Gasteiger partial charge in [-0.25, -0.2) is 8.78 Å². The molecule has 0 radical (unpaired) electrons. The molecule has 3 N–H and O–H groups in total. The number of ether oxygens (including phenoxy) is 1. The minimum Gasteiger partial charge on any atom is -0.394 e. The molecule has 0 aromatic rings. The Bertz CT molecular complexity index is 413. The van der Waals surface area contributed by atoms with Crippen molar-refractivity contribution in [2.24, 2.45) is 5.92 Å². The first-order valence-corrected chi connectivity index (χ1v) is 5.26. The second-order valence-electron chi connectivity index (χ2n) is 4.12. The second-order valence-corrected chi connectivity index (χ2v) is 4.12. The number of alkyl halides is 1. The first-order chi connectivity index (χ1) is 8.45. The highest BCUT2D eigenvalue weighted by atomic mass is 19.1. The number of aliphatic hydroxyl groups is 2. The molecule has 0 aromatic carbocycles. The van der Waals surface area contributed by atoms with Crippen LogP contribution < -0.4 is 5.32 Å². The average molecular weight is 263 g/mol. The van der Waals surface area contributed by atoms with Crippen molar-refractivity contribution in [3.05, 3.63) is 11.9 Å². The van der Waals surface area contributed by atoms with Crippen LogP contribution >= 0.6 is 0 Å². The van der Waals surface area contributed by atoms with Gasteiger partial charge in [0, 0.05) is 0 Å². The zero-order valence-corrected chi connectivity index (χ0v) is 9.05. The highest BCUT2D eigenvalue weighted by Crippen LogP contribution is 2.31. The molecule has 1 unspecified atom stereocenters. The Balaban J connectivity index is 2.22. The number of hydrogen-bond donors (Lipinski definition) is 3. The minimum absolute atomic E-state index is 0.627. The fourth-order valence-electron chi connectivity index (χ4n) is 2.00. The van der Waals surface area contributed by atoms with Crippen molar-refractivity contribution >= 4 is 11.8 Å². The van der Waals surface area contributed by atoms with Crippen LogP contribution in [0.1, 0.15) is 0 Å². The van der Waals surface area contributed by atoms with Crippen LogP contribution in [0.15, 0.2) is 11.9 Å². The van der Waals surface area contributed by atoms with E-state index >= 15 is 0 Å². The molecule has 2 heterocycles. The van der Waals surface area contributed by atoms with E-state index in [4.69, 9.17) is 9.84 Å². The molecule has 18 heavy (non-hydrogen) atoms. The summed E-state index contributed by atoms with van der Waals surface area (Å²) in [7, 11) is 0. The van der Waals surface area contributed by atoms with Crippen LogP contribution in [0.3, 0.4) is 0 Å². The minimum atomic E-state index is -1.95. The Morgan fingerprint density at radius 3 is 2.67 bits per heavy atom. The van der Waals surface area contributed by atoms with Crippen LogP contribution in [0.25, 0.3) is 0 Å². The van der Waals surface area contributed by atoms with Gasteiger partial charge in [-0.15, -0.1) is 0 Å². The number of amides is 2. The van der Waals surface area contributed by atoms with Gasteiger partial charge in [-0.3, -0.25) is 14.9 Å². The van der Waals surface area contributed by atoms with E-state index in [0.29, 0.717) is 6.08 Å². The van der Waals surface area contributed by atoms with Crippen molar-refractivity contribution in [3.63, 3.8) is 0 Å². The van der Waals surface area contributed by atoms with E-state index in [2.05, 4.69) is 0 Å². The molecular weight excluding hydrogens is 252 g/mol. The number of carbonyl (C=O) groups excluding carboxylic acids is 2. The summed E-state index contributed by atoms with van der Waals surface area (Å²) in [5, 5.41) is 19.9. The third kappa shape index (κ3) is 2.02. The van der Waals surface area contributed by atoms with E-state index in [0.717, 1.165) is 0 Å². The lowest BCUT2D eigenvalue weighted by atomic mass is 9.93. The van der Waals surface area contributed by atoms with Gasteiger partial charge < -0.3 is 14.9 Å². The Morgan fingerprint density at radius 1 is 1.44 bits per heavy atom. The van der Waals surface area contributed by atoms with E-state index < -0.39 is 54.6 Å². The number of aliphatic hydroxyl groups excluding tert-OH is 2. The van der Waals surface area contributed by atoms with E-state index in [1.54, 1.807) is 5.32 Å². The molecule has 0 saturated carbocycles. The van der Waals surface area contributed by atoms with Crippen LogP contribution in [0.5, 0.6) is 0 Å². The summed E-state index contributed by atoms with van der Waals surface area (Å²) in [6, 6.07) is 0. The van der Waals surface area contributed by atoms with Gasteiger partial charge >= 0.3 is 0 Å². The van der Waals surface area contributed by atoms with Gasteiger partial charge in [0.2, 0.25) is 5.91 Å². The molecule has 5 atom stereocenters. The largest absolute Gasteiger partial charge is 0.394 e. The molecule has 2 aliphatic rings. The number of nitrogens with one attached hydrogen (secondary N) is 1. The molecule has 100 valence electrons. The molecule has 1 fully saturated rings. The Kier molecular flexibility index (Phi) is 3.42. The van der Waals surface area contributed by atoms with E-state index in [-0.39, 0.29) is 0 Å². The Hall–Kier alpha value is -1.38. The quantitative estimate of drug-likeness (QED) is 0.531. The number of imide groups is 1. The van der Waals surface area contributed by atoms with Crippen LogP contribution in [0.4, 0.5) is 8.78 Å². The zero-order chi connectivity index (χ0) is 13.4. The van der Waals surface area contributed by atoms with Crippen LogP contribution in [-0.2, 0) is 14.3 Å². The summed E-state index contributed by atoms with van der Waals surface area (Å²) < 4.78 is 31.7. The third-order valence-electron chi connectivity index (χ3n) is 2.97. The first kappa shape index (κ1) is 13.1. The fraction of sp³-hybridized carbons (Fsp3) is 0.600.